The number of nitrogens with one attached hydrogen (secondary N) is 2. The van der Waals surface area contributed by atoms with Crippen molar-refractivity contribution in [1.29, 1.82) is 0 Å². The molecule has 3 aliphatic rings. The van der Waals surface area contributed by atoms with Gasteiger partial charge in [-0.3, -0.25) is 9.69 Å². The van der Waals surface area contributed by atoms with E-state index in [1.807, 2.05) is 0 Å². The van der Waals surface area contributed by atoms with Gasteiger partial charge in [0.25, 0.3) is 0 Å². The molecule has 4 rings (SSSR count). The van der Waals surface area contributed by atoms with Gasteiger partial charge in [0.15, 0.2) is 0 Å². The van der Waals surface area contributed by atoms with Crippen LogP contribution in [0.4, 0.5) is 13.2 Å². The van der Waals surface area contributed by atoms with Crippen LogP contribution < -0.4 is 10.9 Å². The summed E-state index contributed by atoms with van der Waals surface area (Å²) >= 11 is 0. The molecule has 3 aliphatic heterocycles. The molecular formula is C19H25F3N4O. The summed E-state index contributed by atoms with van der Waals surface area (Å²) in [5.74, 6) is -0.225. The van der Waals surface area contributed by atoms with Crippen LogP contribution in [0.15, 0.2) is 24.3 Å². The van der Waals surface area contributed by atoms with Gasteiger partial charge in [0.1, 0.15) is 12.1 Å². The maximum atomic E-state index is 12.8. The van der Waals surface area contributed by atoms with E-state index in [0.717, 1.165) is 32.4 Å². The molecule has 148 valence electrons. The van der Waals surface area contributed by atoms with E-state index in [4.69, 9.17) is 0 Å². The summed E-state index contributed by atoms with van der Waals surface area (Å²) in [5, 5.41) is 0. The van der Waals surface area contributed by atoms with E-state index in [1.54, 1.807) is 4.90 Å². The van der Waals surface area contributed by atoms with Crippen molar-refractivity contribution in [3.05, 3.63) is 35.4 Å². The fourth-order valence-corrected chi connectivity index (χ4v) is 4.43. The zero-order valence-corrected chi connectivity index (χ0v) is 15.1. The summed E-state index contributed by atoms with van der Waals surface area (Å²) in [4.78, 5) is 16.8. The van der Waals surface area contributed by atoms with Crippen LogP contribution in [0.1, 0.15) is 30.4 Å². The van der Waals surface area contributed by atoms with Gasteiger partial charge in [0.2, 0.25) is 5.91 Å². The Morgan fingerprint density at radius 1 is 1.04 bits per heavy atom. The average Bonchev–Trinajstić information content (AvgIpc) is 3.18. The highest BCUT2D eigenvalue weighted by atomic mass is 19.4. The van der Waals surface area contributed by atoms with Gasteiger partial charge < -0.3 is 4.90 Å². The summed E-state index contributed by atoms with van der Waals surface area (Å²) in [6, 6.07) is 6.49. The van der Waals surface area contributed by atoms with Crippen LogP contribution in [-0.4, -0.2) is 59.6 Å². The standard InChI is InChI=1S/C19H25F3N4O/c20-19(21,22)17-11-16(23-24-17)18(27)25-9-6-15(7-10-25)26-8-5-13-3-1-2-4-14(13)12-26/h1-4,15-17,23-24H,5-12H2. The summed E-state index contributed by atoms with van der Waals surface area (Å²) < 4.78 is 38.3. The number of piperidine rings is 1. The number of carbonyl (C=O) groups is 1. The van der Waals surface area contributed by atoms with Crippen LogP contribution >= 0.6 is 0 Å². The van der Waals surface area contributed by atoms with Crippen molar-refractivity contribution in [3.8, 4) is 0 Å². The van der Waals surface area contributed by atoms with E-state index in [2.05, 4.69) is 40.0 Å². The minimum absolute atomic E-state index is 0.225. The zero-order chi connectivity index (χ0) is 19.0. The smallest absolute Gasteiger partial charge is 0.341 e. The third-order valence-corrected chi connectivity index (χ3v) is 6.05. The molecule has 2 atom stereocenters. The fourth-order valence-electron chi connectivity index (χ4n) is 4.43. The monoisotopic (exact) mass is 382 g/mol. The summed E-state index contributed by atoms with van der Waals surface area (Å²) in [6.45, 7) is 3.18. The molecular weight excluding hydrogens is 357 g/mol. The van der Waals surface area contributed by atoms with E-state index in [-0.39, 0.29) is 12.3 Å². The maximum Gasteiger partial charge on any atom is 0.405 e. The van der Waals surface area contributed by atoms with Crippen molar-refractivity contribution in [1.82, 2.24) is 20.7 Å². The SMILES string of the molecule is O=C(C1CC(C(F)(F)F)NN1)N1CCC(N2CCc3ccccc3C2)CC1. The number of carbonyl (C=O) groups excluding carboxylic acids is 1. The van der Waals surface area contributed by atoms with Crippen molar-refractivity contribution in [3.63, 3.8) is 0 Å². The lowest BCUT2D eigenvalue weighted by atomic mass is 9.95. The first-order valence-corrected chi connectivity index (χ1v) is 9.59. The van der Waals surface area contributed by atoms with E-state index in [1.165, 1.54) is 11.1 Å². The number of hydrogen-bond acceptors (Lipinski definition) is 4. The molecule has 2 unspecified atom stereocenters. The largest absolute Gasteiger partial charge is 0.405 e. The minimum atomic E-state index is -4.33. The van der Waals surface area contributed by atoms with Crippen molar-refractivity contribution in [2.24, 2.45) is 0 Å². The van der Waals surface area contributed by atoms with Crippen molar-refractivity contribution < 1.29 is 18.0 Å². The Balaban J connectivity index is 1.29. The Morgan fingerprint density at radius 2 is 1.74 bits per heavy atom. The number of rotatable bonds is 2. The summed E-state index contributed by atoms with van der Waals surface area (Å²) in [6.07, 6.45) is -1.79. The second-order valence-corrected chi connectivity index (χ2v) is 7.72. The normalized spacial score (nSPS) is 27.6. The van der Waals surface area contributed by atoms with Crippen LogP contribution in [0, 0.1) is 0 Å². The van der Waals surface area contributed by atoms with Crippen molar-refractivity contribution in [2.75, 3.05) is 19.6 Å². The van der Waals surface area contributed by atoms with Gasteiger partial charge in [-0.15, -0.1) is 0 Å². The summed E-state index contributed by atoms with van der Waals surface area (Å²) in [5.41, 5.74) is 7.52. The molecule has 0 bridgehead atoms. The second-order valence-electron chi connectivity index (χ2n) is 7.72. The second kappa shape index (κ2) is 7.41. The van der Waals surface area contributed by atoms with E-state index < -0.39 is 18.3 Å². The molecule has 1 amide bonds. The molecule has 2 N–H and O–H groups in total. The van der Waals surface area contributed by atoms with Crippen LogP contribution in [-0.2, 0) is 17.8 Å². The number of hydrogen-bond donors (Lipinski definition) is 2. The molecule has 1 aromatic carbocycles. The third kappa shape index (κ3) is 3.97. The van der Waals surface area contributed by atoms with Gasteiger partial charge in [-0.25, -0.2) is 10.9 Å². The van der Waals surface area contributed by atoms with Crippen LogP contribution in [0.3, 0.4) is 0 Å². The molecule has 0 saturated carbocycles. The number of likely N-dealkylation sites (tertiary alicyclic amines) is 1. The van der Waals surface area contributed by atoms with Crippen LogP contribution in [0.2, 0.25) is 0 Å². The number of amides is 1. The first-order valence-electron chi connectivity index (χ1n) is 9.59. The van der Waals surface area contributed by atoms with Gasteiger partial charge in [-0.05, 0) is 36.8 Å². The van der Waals surface area contributed by atoms with Crippen molar-refractivity contribution >= 4 is 5.91 Å². The lowest BCUT2D eigenvalue weighted by Crippen LogP contribution is -2.52. The number of fused-ring (bicyclic) bond motifs is 1. The molecule has 3 heterocycles. The Hall–Kier alpha value is -1.64. The lowest BCUT2D eigenvalue weighted by Gasteiger charge is -2.41. The van der Waals surface area contributed by atoms with E-state index >= 15 is 0 Å². The molecule has 2 fully saturated rings. The van der Waals surface area contributed by atoms with Gasteiger partial charge >= 0.3 is 6.18 Å². The Labute approximate surface area is 156 Å². The quantitative estimate of drug-likeness (QED) is 0.820. The fraction of sp³-hybridized carbons (Fsp3) is 0.632. The van der Waals surface area contributed by atoms with Gasteiger partial charge in [-0.1, -0.05) is 24.3 Å². The average molecular weight is 382 g/mol. The highest BCUT2D eigenvalue weighted by Gasteiger charge is 2.46. The number of benzene rings is 1. The first-order chi connectivity index (χ1) is 12.9. The number of halogens is 3. The van der Waals surface area contributed by atoms with Gasteiger partial charge in [0, 0.05) is 32.2 Å². The molecule has 8 heteroatoms. The number of nitrogens with zero attached hydrogens (tertiary/aromatic N) is 2. The summed E-state index contributed by atoms with van der Waals surface area (Å²) in [7, 11) is 0. The van der Waals surface area contributed by atoms with Crippen molar-refractivity contribution in [2.45, 2.75) is 56.5 Å². The highest BCUT2D eigenvalue weighted by Crippen LogP contribution is 2.28. The van der Waals surface area contributed by atoms with Gasteiger partial charge in [-0.2, -0.15) is 13.2 Å². The molecule has 1 aromatic rings. The molecule has 0 spiro atoms. The topological polar surface area (TPSA) is 47.6 Å². The van der Waals surface area contributed by atoms with E-state index in [0.29, 0.717) is 19.1 Å². The molecule has 27 heavy (non-hydrogen) atoms. The Morgan fingerprint density at radius 3 is 2.41 bits per heavy atom. The van der Waals surface area contributed by atoms with Crippen LogP contribution in [0.25, 0.3) is 0 Å². The Kier molecular flexibility index (Phi) is 5.13. The van der Waals surface area contributed by atoms with Gasteiger partial charge in [0.05, 0.1) is 0 Å². The molecule has 0 aliphatic carbocycles. The Bertz CT molecular complexity index is 688. The molecule has 0 aromatic heterocycles. The predicted molar refractivity (Wildman–Crippen MR) is 94.7 cm³/mol. The first kappa shape index (κ1) is 18.7. The zero-order valence-electron chi connectivity index (χ0n) is 15.1. The lowest BCUT2D eigenvalue weighted by molar-refractivity contribution is -0.153. The number of alkyl halides is 3. The third-order valence-electron chi connectivity index (χ3n) is 6.05. The highest BCUT2D eigenvalue weighted by molar-refractivity contribution is 5.82. The molecule has 0 radical (unpaired) electrons. The van der Waals surface area contributed by atoms with E-state index in [9.17, 15) is 18.0 Å². The van der Waals surface area contributed by atoms with Crippen LogP contribution in [0.5, 0.6) is 0 Å². The number of hydrazine groups is 1. The maximum absolute atomic E-state index is 12.8. The molecule has 2 saturated heterocycles. The minimum Gasteiger partial charge on any atom is -0.341 e. The molecule has 5 nitrogen and oxygen atoms in total. The predicted octanol–water partition coefficient (Wildman–Crippen LogP) is 1.83.